The fourth-order valence-electron chi connectivity index (χ4n) is 2.71. The molecule has 126 valence electrons. The largest absolute Gasteiger partial charge is 0.481 e. The van der Waals surface area contributed by atoms with Crippen LogP contribution in [0.25, 0.3) is 0 Å². The van der Waals surface area contributed by atoms with Gasteiger partial charge in [0.2, 0.25) is 11.8 Å². The van der Waals surface area contributed by atoms with Crippen molar-refractivity contribution < 1.29 is 19.5 Å². The molecule has 1 aliphatic rings. The maximum atomic E-state index is 12.4. The highest BCUT2D eigenvalue weighted by Crippen LogP contribution is 2.20. The van der Waals surface area contributed by atoms with E-state index >= 15 is 0 Å². The smallest absolute Gasteiger partial charge is 0.303 e. The fraction of sp³-hybridized carbons (Fsp3) is 0.812. The number of nitrogens with zero attached hydrogens (tertiary/aromatic N) is 1. The van der Waals surface area contributed by atoms with Crippen molar-refractivity contribution in [3.05, 3.63) is 0 Å². The summed E-state index contributed by atoms with van der Waals surface area (Å²) in [5.74, 6) is -1.02. The molecule has 0 aromatic heterocycles. The van der Waals surface area contributed by atoms with E-state index in [1.807, 2.05) is 20.8 Å². The number of carboxylic acids is 1. The Morgan fingerprint density at radius 2 is 1.95 bits per heavy atom. The third-order valence-corrected chi connectivity index (χ3v) is 4.03. The van der Waals surface area contributed by atoms with Gasteiger partial charge in [-0.1, -0.05) is 6.92 Å². The average Bonchev–Trinajstić information content (AvgIpc) is 2.45. The molecule has 1 fully saturated rings. The van der Waals surface area contributed by atoms with Gasteiger partial charge in [-0.25, -0.2) is 0 Å². The quantitative estimate of drug-likeness (QED) is 0.750. The fourth-order valence-corrected chi connectivity index (χ4v) is 2.71. The number of nitrogens with one attached hydrogen (secondary N) is 1. The molecule has 1 atom stereocenters. The lowest BCUT2D eigenvalue weighted by atomic mass is 9.93. The molecule has 0 bridgehead atoms. The minimum Gasteiger partial charge on any atom is -0.481 e. The van der Waals surface area contributed by atoms with Crippen LogP contribution >= 0.6 is 0 Å². The molecular weight excluding hydrogens is 284 g/mol. The van der Waals surface area contributed by atoms with E-state index in [0.29, 0.717) is 19.4 Å². The first-order chi connectivity index (χ1) is 10.2. The van der Waals surface area contributed by atoms with Gasteiger partial charge in [-0.05, 0) is 39.5 Å². The van der Waals surface area contributed by atoms with Crippen molar-refractivity contribution in [3.8, 4) is 0 Å². The zero-order valence-electron chi connectivity index (χ0n) is 13.9. The predicted molar refractivity (Wildman–Crippen MR) is 83.3 cm³/mol. The van der Waals surface area contributed by atoms with Crippen molar-refractivity contribution in [1.82, 2.24) is 10.2 Å². The third kappa shape index (κ3) is 6.03. The summed E-state index contributed by atoms with van der Waals surface area (Å²) in [6.07, 6.45) is 3.37. The summed E-state index contributed by atoms with van der Waals surface area (Å²) >= 11 is 0. The summed E-state index contributed by atoms with van der Waals surface area (Å²) in [4.78, 5) is 36.8. The lowest BCUT2D eigenvalue weighted by Gasteiger charge is -2.34. The summed E-state index contributed by atoms with van der Waals surface area (Å²) in [7, 11) is 0. The maximum absolute atomic E-state index is 12.4. The van der Waals surface area contributed by atoms with Crippen LogP contribution in [0.3, 0.4) is 0 Å². The number of hydrogen-bond acceptors (Lipinski definition) is 3. The van der Waals surface area contributed by atoms with E-state index in [2.05, 4.69) is 5.32 Å². The molecule has 1 heterocycles. The Labute approximate surface area is 132 Å². The molecule has 0 spiro atoms. The van der Waals surface area contributed by atoms with Crippen LogP contribution in [0.15, 0.2) is 0 Å². The molecule has 2 amide bonds. The zero-order valence-corrected chi connectivity index (χ0v) is 13.9. The van der Waals surface area contributed by atoms with Gasteiger partial charge in [0.1, 0.15) is 0 Å². The summed E-state index contributed by atoms with van der Waals surface area (Å²) in [6.45, 7) is 6.83. The van der Waals surface area contributed by atoms with Crippen LogP contribution in [-0.4, -0.2) is 46.4 Å². The Bertz CT molecular complexity index is 420. The molecule has 1 aliphatic heterocycles. The molecule has 6 heteroatoms. The number of rotatable bonds is 7. The van der Waals surface area contributed by atoms with Crippen molar-refractivity contribution in [3.63, 3.8) is 0 Å². The average molecular weight is 312 g/mol. The minimum atomic E-state index is -0.865. The summed E-state index contributed by atoms with van der Waals surface area (Å²) in [6, 6.07) is 0. The maximum Gasteiger partial charge on any atom is 0.303 e. The standard InChI is InChI=1S/C16H28N2O4/c1-4-6-13(19)18-10-5-7-12(11-18)15(22)17-16(2,3)9-8-14(20)21/h12H,4-11H2,1-3H3,(H,17,22)(H,20,21). The SMILES string of the molecule is CCCC(=O)N1CCCC(C(=O)NC(C)(C)CCC(=O)O)C1. The number of hydrogen-bond donors (Lipinski definition) is 2. The Morgan fingerprint density at radius 3 is 2.55 bits per heavy atom. The predicted octanol–water partition coefficient (Wildman–Crippen LogP) is 1.78. The van der Waals surface area contributed by atoms with Gasteiger partial charge in [-0.3, -0.25) is 14.4 Å². The first kappa shape index (κ1) is 18.5. The van der Waals surface area contributed by atoms with Crippen LogP contribution in [0.4, 0.5) is 0 Å². The first-order valence-electron chi connectivity index (χ1n) is 8.06. The number of likely N-dealkylation sites (tertiary alicyclic amines) is 1. The highest BCUT2D eigenvalue weighted by molar-refractivity contribution is 5.82. The van der Waals surface area contributed by atoms with Gasteiger partial charge < -0.3 is 15.3 Å². The topological polar surface area (TPSA) is 86.7 Å². The highest BCUT2D eigenvalue weighted by Gasteiger charge is 2.31. The molecular formula is C16H28N2O4. The van der Waals surface area contributed by atoms with Gasteiger partial charge in [0.15, 0.2) is 0 Å². The van der Waals surface area contributed by atoms with Gasteiger partial charge in [-0.2, -0.15) is 0 Å². The Morgan fingerprint density at radius 1 is 1.27 bits per heavy atom. The van der Waals surface area contributed by atoms with Crippen LogP contribution in [0.5, 0.6) is 0 Å². The van der Waals surface area contributed by atoms with Gasteiger partial charge in [0, 0.05) is 31.5 Å². The van der Waals surface area contributed by atoms with Crippen molar-refractivity contribution >= 4 is 17.8 Å². The van der Waals surface area contributed by atoms with E-state index in [0.717, 1.165) is 25.8 Å². The number of amides is 2. The van der Waals surface area contributed by atoms with Crippen LogP contribution in [0, 0.1) is 5.92 Å². The minimum absolute atomic E-state index is 0.0268. The van der Waals surface area contributed by atoms with Crippen LogP contribution in [-0.2, 0) is 14.4 Å². The second kappa shape index (κ2) is 8.15. The third-order valence-electron chi connectivity index (χ3n) is 4.03. The number of piperidine rings is 1. The lowest BCUT2D eigenvalue weighted by Crippen LogP contribution is -2.51. The van der Waals surface area contributed by atoms with E-state index in [1.54, 1.807) is 4.90 Å². The molecule has 1 rings (SSSR count). The van der Waals surface area contributed by atoms with Crippen LogP contribution < -0.4 is 5.32 Å². The first-order valence-corrected chi connectivity index (χ1v) is 8.06. The summed E-state index contributed by atoms with van der Waals surface area (Å²) in [5, 5.41) is 11.7. The normalized spacial score (nSPS) is 18.9. The Hall–Kier alpha value is -1.59. The van der Waals surface area contributed by atoms with Crippen molar-refractivity contribution in [2.75, 3.05) is 13.1 Å². The second-order valence-electron chi connectivity index (χ2n) is 6.70. The van der Waals surface area contributed by atoms with Crippen LogP contribution in [0.1, 0.15) is 59.3 Å². The van der Waals surface area contributed by atoms with Crippen molar-refractivity contribution in [2.45, 2.75) is 64.8 Å². The van der Waals surface area contributed by atoms with E-state index in [4.69, 9.17) is 5.11 Å². The molecule has 1 saturated heterocycles. The summed E-state index contributed by atoms with van der Waals surface area (Å²) < 4.78 is 0. The molecule has 0 aliphatic carbocycles. The molecule has 0 aromatic rings. The molecule has 6 nitrogen and oxygen atoms in total. The van der Waals surface area contributed by atoms with Crippen molar-refractivity contribution in [1.29, 1.82) is 0 Å². The highest BCUT2D eigenvalue weighted by atomic mass is 16.4. The second-order valence-corrected chi connectivity index (χ2v) is 6.70. The van der Waals surface area contributed by atoms with Gasteiger partial charge >= 0.3 is 5.97 Å². The molecule has 0 saturated carbocycles. The van der Waals surface area contributed by atoms with Gasteiger partial charge in [-0.15, -0.1) is 0 Å². The van der Waals surface area contributed by atoms with Crippen molar-refractivity contribution in [2.24, 2.45) is 5.92 Å². The zero-order chi connectivity index (χ0) is 16.8. The lowest BCUT2D eigenvalue weighted by molar-refractivity contribution is -0.139. The molecule has 1 unspecified atom stereocenters. The number of aliphatic carboxylic acids is 1. The molecule has 22 heavy (non-hydrogen) atoms. The molecule has 0 aromatic carbocycles. The monoisotopic (exact) mass is 312 g/mol. The van der Waals surface area contributed by atoms with Gasteiger partial charge in [0.25, 0.3) is 0 Å². The Balaban J connectivity index is 2.53. The Kier molecular flexibility index (Phi) is 6.84. The molecule has 2 N–H and O–H groups in total. The van der Waals surface area contributed by atoms with Gasteiger partial charge in [0.05, 0.1) is 5.92 Å². The summed E-state index contributed by atoms with van der Waals surface area (Å²) in [5.41, 5.74) is -0.550. The van der Waals surface area contributed by atoms with E-state index in [1.165, 1.54) is 0 Å². The number of carbonyl (C=O) groups excluding carboxylic acids is 2. The van der Waals surface area contributed by atoms with E-state index in [9.17, 15) is 14.4 Å². The molecule has 0 radical (unpaired) electrons. The van der Waals surface area contributed by atoms with Crippen LogP contribution in [0.2, 0.25) is 0 Å². The van der Waals surface area contributed by atoms with E-state index in [-0.39, 0.29) is 24.2 Å². The number of carboxylic acid groups (broad SMARTS) is 1. The number of carbonyl (C=O) groups is 3. The van der Waals surface area contributed by atoms with E-state index < -0.39 is 11.5 Å².